The number of carbonyl (C=O) groups is 1. The second kappa shape index (κ2) is 10.3. The molecule has 7 heteroatoms. The van der Waals surface area contributed by atoms with Gasteiger partial charge in [-0.25, -0.2) is 0 Å². The molecular weight excluding hydrogens is 466 g/mol. The van der Waals surface area contributed by atoms with Crippen LogP contribution in [0.15, 0.2) is 91.3 Å². The van der Waals surface area contributed by atoms with Gasteiger partial charge in [0, 0.05) is 42.4 Å². The van der Waals surface area contributed by atoms with E-state index in [2.05, 4.69) is 74.6 Å². The van der Waals surface area contributed by atoms with Gasteiger partial charge >= 0.3 is 0 Å². The van der Waals surface area contributed by atoms with E-state index in [0.29, 0.717) is 18.1 Å². The van der Waals surface area contributed by atoms with Crippen molar-refractivity contribution in [3.63, 3.8) is 0 Å². The molecule has 0 radical (unpaired) electrons. The number of rotatable bonds is 7. The fraction of sp³-hybridized carbons (Fsp3) is 0.207. The van der Waals surface area contributed by atoms with Gasteiger partial charge in [0.25, 0.3) is 0 Å². The van der Waals surface area contributed by atoms with Gasteiger partial charge in [-0.05, 0) is 74.1 Å². The first-order valence-corrected chi connectivity index (χ1v) is 12.5. The molecule has 5 rings (SSSR count). The molecule has 0 saturated carbocycles. The van der Waals surface area contributed by atoms with Crippen molar-refractivity contribution in [1.29, 1.82) is 0 Å². The third-order valence-electron chi connectivity index (χ3n) is 6.59. The van der Waals surface area contributed by atoms with Gasteiger partial charge in [0.15, 0.2) is 5.11 Å². The Bertz CT molecular complexity index is 1370. The summed E-state index contributed by atoms with van der Waals surface area (Å²) >= 11 is 5.79. The highest BCUT2D eigenvalue weighted by atomic mass is 32.1. The van der Waals surface area contributed by atoms with E-state index in [9.17, 15) is 4.79 Å². The van der Waals surface area contributed by atoms with Crippen LogP contribution in [-0.4, -0.2) is 32.0 Å². The van der Waals surface area contributed by atoms with Crippen molar-refractivity contribution >= 4 is 28.9 Å². The van der Waals surface area contributed by atoms with Gasteiger partial charge in [0.1, 0.15) is 0 Å². The fourth-order valence-electron chi connectivity index (χ4n) is 4.69. The number of aromatic nitrogens is 2. The van der Waals surface area contributed by atoms with Crippen LogP contribution in [0.1, 0.15) is 41.0 Å². The molecular formula is C29H29N5OS. The van der Waals surface area contributed by atoms with Gasteiger partial charge in [-0.2, -0.15) is 0 Å². The summed E-state index contributed by atoms with van der Waals surface area (Å²) in [6.45, 7) is 4.55. The highest BCUT2D eigenvalue weighted by molar-refractivity contribution is 7.80. The molecule has 0 bridgehead atoms. The van der Waals surface area contributed by atoms with Gasteiger partial charge in [-0.1, -0.05) is 42.0 Å². The molecule has 0 aliphatic carbocycles. The fourth-order valence-corrected chi connectivity index (χ4v) is 5.02. The zero-order valence-electron chi connectivity index (χ0n) is 20.4. The molecule has 2 N–H and O–H groups in total. The molecule has 2 atom stereocenters. The first kappa shape index (κ1) is 23.8. The lowest BCUT2D eigenvalue weighted by Crippen LogP contribution is -2.33. The molecule has 1 aliphatic heterocycles. The highest BCUT2D eigenvalue weighted by Gasteiger charge is 2.41. The van der Waals surface area contributed by atoms with E-state index in [1.54, 1.807) is 6.20 Å². The summed E-state index contributed by atoms with van der Waals surface area (Å²) in [5.41, 5.74) is 6.16. The Balaban J connectivity index is 1.44. The van der Waals surface area contributed by atoms with Crippen molar-refractivity contribution in [3.05, 3.63) is 114 Å². The standard InChI is InChI=1S/C29H29N5OS/c1-20-12-14-22(15-13-20)33-18-7-11-25(33)28-27(24-10-5-6-17-30-24)32-29(36)34(28)19-16-26(35)31-23-9-4-3-8-21(23)2/h3-15,17-18,27-28H,16,19H2,1-2H3,(H,31,35)(H,32,36)/t27-,28+/m0/s1. The molecule has 1 fully saturated rings. The molecule has 1 aliphatic rings. The molecule has 36 heavy (non-hydrogen) atoms. The Hall–Kier alpha value is -3.97. The molecule has 0 spiro atoms. The second-order valence-electron chi connectivity index (χ2n) is 9.07. The largest absolute Gasteiger partial charge is 0.352 e. The Morgan fingerprint density at radius 2 is 1.78 bits per heavy atom. The third-order valence-corrected chi connectivity index (χ3v) is 6.94. The van der Waals surface area contributed by atoms with Crippen molar-refractivity contribution in [2.75, 3.05) is 11.9 Å². The SMILES string of the molecule is Cc1ccc(-n2cccc2[C@@H]2[C@H](c3ccccn3)NC(=S)N2CCC(=O)Nc2ccccc2C)cc1. The molecule has 2 aromatic carbocycles. The summed E-state index contributed by atoms with van der Waals surface area (Å²) in [6, 6.07) is 26.1. The molecule has 1 amide bonds. The molecule has 182 valence electrons. The second-order valence-corrected chi connectivity index (χ2v) is 9.46. The topological polar surface area (TPSA) is 62.2 Å². The lowest BCUT2D eigenvalue weighted by atomic mass is 10.0. The zero-order chi connectivity index (χ0) is 25.1. The minimum Gasteiger partial charge on any atom is -0.352 e. The van der Waals surface area contributed by atoms with Crippen LogP contribution < -0.4 is 10.6 Å². The quantitative estimate of drug-likeness (QED) is 0.332. The zero-order valence-corrected chi connectivity index (χ0v) is 21.2. The monoisotopic (exact) mass is 495 g/mol. The van der Waals surface area contributed by atoms with Crippen LogP contribution in [0.5, 0.6) is 0 Å². The Morgan fingerprint density at radius 1 is 1.00 bits per heavy atom. The summed E-state index contributed by atoms with van der Waals surface area (Å²) < 4.78 is 2.19. The minimum atomic E-state index is -0.141. The average molecular weight is 496 g/mol. The van der Waals surface area contributed by atoms with Crippen LogP contribution in [0.4, 0.5) is 5.69 Å². The van der Waals surface area contributed by atoms with Crippen molar-refractivity contribution in [3.8, 4) is 5.69 Å². The van der Waals surface area contributed by atoms with Crippen LogP contribution in [0, 0.1) is 13.8 Å². The smallest absolute Gasteiger partial charge is 0.226 e. The van der Waals surface area contributed by atoms with E-state index in [1.807, 2.05) is 49.4 Å². The molecule has 1 saturated heterocycles. The van der Waals surface area contributed by atoms with E-state index < -0.39 is 0 Å². The van der Waals surface area contributed by atoms with Crippen LogP contribution in [-0.2, 0) is 4.79 Å². The van der Waals surface area contributed by atoms with Gasteiger partial charge in [-0.3, -0.25) is 9.78 Å². The van der Waals surface area contributed by atoms with E-state index in [1.165, 1.54) is 5.56 Å². The molecule has 0 unspecified atom stereocenters. The number of benzene rings is 2. The first-order chi connectivity index (χ1) is 17.5. The van der Waals surface area contributed by atoms with E-state index >= 15 is 0 Å². The maximum absolute atomic E-state index is 12.9. The molecule has 6 nitrogen and oxygen atoms in total. The maximum atomic E-state index is 12.9. The number of hydrogen-bond acceptors (Lipinski definition) is 3. The van der Waals surface area contributed by atoms with Crippen LogP contribution in [0.25, 0.3) is 5.69 Å². The Labute approximate surface area is 217 Å². The van der Waals surface area contributed by atoms with Crippen LogP contribution in [0.3, 0.4) is 0 Å². The van der Waals surface area contributed by atoms with E-state index in [-0.39, 0.29) is 18.0 Å². The Morgan fingerprint density at radius 3 is 2.53 bits per heavy atom. The number of hydrogen-bond donors (Lipinski definition) is 2. The van der Waals surface area contributed by atoms with Crippen molar-refractivity contribution in [2.45, 2.75) is 32.4 Å². The number of amides is 1. The predicted octanol–water partition coefficient (Wildman–Crippen LogP) is 5.49. The minimum absolute atomic E-state index is 0.0407. The van der Waals surface area contributed by atoms with Gasteiger partial charge < -0.3 is 20.1 Å². The molecule has 2 aromatic heterocycles. The number of anilines is 1. The number of nitrogens with zero attached hydrogens (tertiary/aromatic N) is 3. The van der Waals surface area contributed by atoms with Crippen molar-refractivity contribution in [2.24, 2.45) is 0 Å². The maximum Gasteiger partial charge on any atom is 0.226 e. The lowest BCUT2D eigenvalue weighted by Gasteiger charge is -2.29. The first-order valence-electron chi connectivity index (χ1n) is 12.1. The normalized spacial score (nSPS) is 17.2. The summed E-state index contributed by atoms with van der Waals surface area (Å²) in [4.78, 5) is 19.6. The number of pyridine rings is 1. The lowest BCUT2D eigenvalue weighted by molar-refractivity contribution is -0.116. The number of thiocarbonyl (C=S) groups is 1. The average Bonchev–Trinajstić information content (AvgIpc) is 3.49. The van der Waals surface area contributed by atoms with Gasteiger partial charge in [0.2, 0.25) is 5.91 Å². The molecule has 3 heterocycles. The van der Waals surface area contributed by atoms with Gasteiger partial charge in [-0.15, -0.1) is 0 Å². The summed E-state index contributed by atoms with van der Waals surface area (Å²) in [6.07, 6.45) is 4.18. The highest BCUT2D eigenvalue weighted by Crippen LogP contribution is 2.39. The molecule has 4 aromatic rings. The summed E-state index contributed by atoms with van der Waals surface area (Å²) in [5.74, 6) is -0.0407. The van der Waals surface area contributed by atoms with E-state index in [4.69, 9.17) is 12.2 Å². The number of carbonyl (C=O) groups excluding carboxylic acids is 1. The van der Waals surface area contributed by atoms with Gasteiger partial charge in [0.05, 0.1) is 17.8 Å². The number of aryl methyl sites for hydroxylation is 2. The number of nitrogens with one attached hydrogen (secondary N) is 2. The predicted molar refractivity (Wildman–Crippen MR) is 147 cm³/mol. The number of para-hydroxylation sites is 1. The summed E-state index contributed by atoms with van der Waals surface area (Å²) in [5, 5.41) is 7.14. The van der Waals surface area contributed by atoms with E-state index in [0.717, 1.165) is 28.3 Å². The van der Waals surface area contributed by atoms with Crippen LogP contribution >= 0.6 is 12.2 Å². The Kier molecular flexibility index (Phi) is 6.82. The van der Waals surface area contributed by atoms with Crippen LogP contribution in [0.2, 0.25) is 0 Å². The van der Waals surface area contributed by atoms with Crippen molar-refractivity contribution < 1.29 is 4.79 Å². The summed E-state index contributed by atoms with van der Waals surface area (Å²) in [7, 11) is 0. The van der Waals surface area contributed by atoms with Crippen molar-refractivity contribution in [1.82, 2.24) is 19.8 Å². The third kappa shape index (κ3) is 4.88.